The summed E-state index contributed by atoms with van der Waals surface area (Å²) in [4.78, 5) is 3.66. The number of aryl methyl sites for hydroxylation is 1. The average molecular weight is 352 g/mol. The highest BCUT2D eigenvalue weighted by Crippen LogP contribution is 2.24. The molecular formula is C25H37N. The van der Waals surface area contributed by atoms with Gasteiger partial charge in [0.15, 0.2) is 0 Å². The van der Waals surface area contributed by atoms with E-state index >= 15 is 0 Å². The largest absolute Gasteiger partial charge is 0.355 e. The van der Waals surface area contributed by atoms with Crippen molar-refractivity contribution in [3.8, 4) is 0 Å². The van der Waals surface area contributed by atoms with Crippen LogP contribution in [0.3, 0.4) is 0 Å². The molecule has 1 aliphatic rings. The lowest BCUT2D eigenvalue weighted by molar-refractivity contribution is 0.480. The van der Waals surface area contributed by atoms with Crippen molar-refractivity contribution in [2.75, 3.05) is 0 Å². The summed E-state index contributed by atoms with van der Waals surface area (Å²) in [5.74, 6) is 1.34. The van der Waals surface area contributed by atoms with Gasteiger partial charge in [-0.15, -0.1) is 0 Å². The first-order valence-corrected chi connectivity index (χ1v) is 11.1. The van der Waals surface area contributed by atoms with Crippen LogP contribution in [-0.4, -0.2) is 4.98 Å². The van der Waals surface area contributed by atoms with Crippen LogP contribution in [0.1, 0.15) is 84.1 Å². The molecule has 0 saturated heterocycles. The van der Waals surface area contributed by atoms with Crippen LogP contribution in [0.25, 0.3) is 23.1 Å². The fourth-order valence-electron chi connectivity index (χ4n) is 4.41. The molecule has 2 unspecified atom stereocenters. The summed E-state index contributed by atoms with van der Waals surface area (Å²) in [6.07, 6.45) is 18.4. The van der Waals surface area contributed by atoms with Crippen molar-refractivity contribution in [2.45, 2.75) is 85.0 Å². The van der Waals surface area contributed by atoms with Crippen LogP contribution >= 0.6 is 0 Å². The van der Waals surface area contributed by atoms with E-state index in [1.165, 1.54) is 91.2 Å². The Kier molecular flexibility index (Phi) is 7.00. The van der Waals surface area contributed by atoms with Crippen LogP contribution in [0.15, 0.2) is 18.2 Å². The van der Waals surface area contributed by atoms with E-state index in [4.69, 9.17) is 0 Å². The van der Waals surface area contributed by atoms with Gasteiger partial charge < -0.3 is 4.98 Å². The van der Waals surface area contributed by atoms with E-state index in [1.54, 1.807) is 0 Å². The number of H-pyrrole nitrogens is 1. The summed E-state index contributed by atoms with van der Waals surface area (Å²) in [7, 11) is 0. The molecule has 2 aromatic rings. The highest BCUT2D eigenvalue weighted by molar-refractivity contribution is 5.82. The molecule has 0 bridgehead atoms. The number of rotatable bonds is 10. The Balaban J connectivity index is 1.80. The van der Waals surface area contributed by atoms with Gasteiger partial charge in [-0.25, -0.2) is 0 Å². The zero-order valence-electron chi connectivity index (χ0n) is 17.1. The Morgan fingerprint density at radius 2 is 1.65 bits per heavy atom. The molecule has 1 aromatic carbocycles. The number of hydrogen-bond donors (Lipinski definition) is 1. The second-order valence-electron chi connectivity index (χ2n) is 8.35. The third-order valence-electron chi connectivity index (χ3n) is 6.13. The van der Waals surface area contributed by atoms with Crippen molar-refractivity contribution in [2.24, 2.45) is 11.8 Å². The Bertz CT molecular complexity index is 811. The third-order valence-corrected chi connectivity index (χ3v) is 6.13. The number of aromatic amines is 1. The summed E-state index contributed by atoms with van der Waals surface area (Å²) < 4.78 is 0. The van der Waals surface area contributed by atoms with Gasteiger partial charge in [0.1, 0.15) is 0 Å². The monoisotopic (exact) mass is 351 g/mol. The fourth-order valence-corrected chi connectivity index (χ4v) is 4.41. The van der Waals surface area contributed by atoms with E-state index in [-0.39, 0.29) is 0 Å². The molecule has 0 spiro atoms. The van der Waals surface area contributed by atoms with Crippen LogP contribution < -0.4 is 10.6 Å². The SMILES string of the molecule is CCCCCCc1ccc2[nH]c3c(c2c1)=CC(CCCCCC)C(C)C=3. The molecule has 1 heterocycles. The minimum Gasteiger partial charge on any atom is -0.355 e. The Morgan fingerprint density at radius 1 is 0.885 bits per heavy atom. The number of hydrogen-bond acceptors (Lipinski definition) is 0. The number of benzene rings is 1. The van der Waals surface area contributed by atoms with E-state index < -0.39 is 0 Å². The summed E-state index contributed by atoms with van der Waals surface area (Å²) in [6, 6.07) is 7.07. The third kappa shape index (κ3) is 4.61. The van der Waals surface area contributed by atoms with Crippen LogP contribution in [0.5, 0.6) is 0 Å². The number of nitrogens with one attached hydrogen (secondary N) is 1. The quantitative estimate of drug-likeness (QED) is 0.499. The maximum Gasteiger partial charge on any atom is 0.0464 e. The van der Waals surface area contributed by atoms with Crippen molar-refractivity contribution < 1.29 is 0 Å². The maximum atomic E-state index is 3.66. The second kappa shape index (κ2) is 9.44. The van der Waals surface area contributed by atoms with E-state index in [0.717, 1.165) is 0 Å². The van der Waals surface area contributed by atoms with Gasteiger partial charge in [0.05, 0.1) is 0 Å². The van der Waals surface area contributed by atoms with Crippen molar-refractivity contribution in [3.05, 3.63) is 34.3 Å². The van der Waals surface area contributed by atoms with Crippen LogP contribution in [0.4, 0.5) is 0 Å². The van der Waals surface area contributed by atoms with Gasteiger partial charge in [0.2, 0.25) is 0 Å². The van der Waals surface area contributed by atoms with Crippen molar-refractivity contribution in [3.63, 3.8) is 0 Å². The number of aromatic nitrogens is 1. The molecule has 0 amide bonds. The highest BCUT2D eigenvalue weighted by atomic mass is 14.7. The molecule has 142 valence electrons. The molecule has 1 aromatic heterocycles. The minimum absolute atomic E-state index is 0.644. The number of fused-ring (bicyclic) bond motifs is 3. The predicted octanol–water partition coefficient (Wildman–Crippen LogP) is 6.09. The lowest BCUT2D eigenvalue weighted by Gasteiger charge is -2.20. The Labute approximate surface area is 159 Å². The van der Waals surface area contributed by atoms with Gasteiger partial charge in [-0.1, -0.05) is 83.9 Å². The van der Waals surface area contributed by atoms with Crippen molar-refractivity contribution in [1.29, 1.82) is 0 Å². The molecule has 0 saturated carbocycles. The van der Waals surface area contributed by atoms with Crippen LogP contribution in [0.2, 0.25) is 0 Å². The average Bonchev–Trinajstić information content (AvgIpc) is 2.99. The molecule has 1 aliphatic carbocycles. The van der Waals surface area contributed by atoms with Gasteiger partial charge in [-0.3, -0.25) is 0 Å². The van der Waals surface area contributed by atoms with Crippen LogP contribution in [-0.2, 0) is 6.42 Å². The summed E-state index contributed by atoms with van der Waals surface area (Å²) in [6.45, 7) is 6.96. The van der Waals surface area contributed by atoms with Crippen molar-refractivity contribution >= 4 is 23.1 Å². The highest BCUT2D eigenvalue weighted by Gasteiger charge is 2.17. The number of unbranched alkanes of at least 4 members (excludes halogenated alkanes) is 6. The summed E-state index contributed by atoms with van der Waals surface area (Å²) >= 11 is 0. The molecule has 2 atom stereocenters. The molecule has 0 radical (unpaired) electrons. The predicted molar refractivity (Wildman–Crippen MR) is 116 cm³/mol. The molecular weight excluding hydrogens is 314 g/mol. The first-order valence-electron chi connectivity index (χ1n) is 11.1. The lowest BCUT2D eigenvalue weighted by Crippen LogP contribution is -2.31. The van der Waals surface area contributed by atoms with E-state index in [9.17, 15) is 0 Å². The van der Waals surface area contributed by atoms with E-state index in [1.807, 2.05) is 0 Å². The maximum absolute atomic E-state index is 3.66. The van der Waals surface area contributed by atoms with Gasteiger partial charge in [0.25, 0.3) is 0 Å². The zero-order valence-corrected chi connectivity index (χ0v) is 17.1. The molecule has 26 heavy (non-hydrogen) atoms. The van der Waals surface area contributed by atoms with Gasteiger partial charge >= 0.3 is 0 Å². The first-order chi connectivity index (χ1) is 12.7. The molecule has 1 nitrogen and oxygen atoms in total. The molecule has 1 heteroatoms. The Morgan fingerprint density at radius 3 is 2.42 bits per heavy atom. The van der Waals surface area contributed by atoms with Crippen molar-refractivity contribution in [1.82, 2.24) is 4.98 Å². The van der Waals surface area contributed by atoms with Crippen LogP contribution in [0, 0.1) is 11.8 Å². The Hall–Kier alpha value is -1.50. The fraction of sp³-hybridized carbons (Fsp3) is 0.600. The van der Waals surface area contributed by atoms with E-state index in [0.29, 0.717) is 11.8 Å². The van der Waals surface area contributed by atoms with Gasteiger partial charge in [0, 0.05) is 21.5 Å². The van der Waals surface area contributed by atoms with Gasteiger partial charge in [-0.2, -0.15) is 0 Å². The smallest absolute Gasteiger partial charge is 0.0464 e. The normalized spacial score (nSPS) is 19.2. The second-order valence-corrected chi connectivity index (χ2v) is 8.35. The molecule has 0 aliphatic heterocycles. The topological polar surface area (TPSA) is 15.8 Å². The standard InChI is InChI=1S/C25H37N/c1-4-6-8-10-12-20-14-15-24-22(17-20)23-18-21(13-11-9-7-5-2)19(3)16-25(23)26-24/h14-19,21,26H,4-13H2,1-3H3. The first kappa shape index (κ1) is 19.3. The summed E-state index contributed by atoms with van der Waals surface area (Å²) in [5, 5.41) is 4.25. The summed E-state index contributed by atoms with van der Waals surface area (Å²) in [5.41, 5.74) is 2.81. The molecule has 1 N–H and O–H groups in total. The van der Waals surface area contributed by atoms with E-state index in [2.05, 4.69) is 56.1 Å². The lowest BCUT2D eigenvalue weighted by atomic mass is 9.85. The zero-order chi connectivity index (χ0) is 18.4. The van der Waals surface area contributed by atoms with Gasteiger partial charge in [-0.05, 0) is 48.8 Å². The minimum atomic E-state index is 0.644. The molecule has 0 fully saturated rings. The molecule has 3 rings (SSSR count).